The van der Waals surface area contributed by atoms with Gasteiger partial charge in [0.25, 0.3) is 0 Å². The second-order valence-electron chi connectivity index (χ2n) is 4.53. The van der Waals surface area contributed by atoms with Gasteiger partial charge in [0.2, 0.25) is 5.91 Å². The van der Waals surface area contributed by atoms with Crippen molar-refractivity contribution in [2.24, 2.45) is 0 Å². The van der Waals surface area contributed by atoms with Crippen molar-refractivity contribution < 1.29 is 13.2 Å². The highest BCUT2D eigenvalue weighted by atomic mass is 32.2. The van der Waals surface area contributed by atoms with E-state index in [1.54, 1.807) is 42.6 Å². The molecule has 1 aliphatic heterocycles. The van der Waals surface area contributed by atoms with Gasteiger partial charge in [0.05, 0.1) is 4.90 Å². The van der Waals surface area contributed by atoms with Gasteiger partial charge in [-0.3, -0.25) is 4.79 Å². The number of carbonyl (C=O) groups excluding carboxylic acids is 1. The van der Waals surface area contributed by atoms with Crippen LogP contribution in [-0.2, 0) is 21.2 Å². The zero-order valence-electron chi connectivity index (χ0n) is 11.1. The third kappa shape index (κ3) is 3.71. The van der Waals surface area contributed by atoms with Gasteiger partial charge < -0.3 is 10.6 Å². The summed E-state index contributed by atoms with van der Waals surface area (Å²) in [6.45, 7) is 0.874. The van der Waals surface area contributed by atoms with E-state index in [1.807, 2.05) is 0 Å². The molecule has 1 amide bonds. The summed E-state index contributed by atoms with van der Waals surface area (Å²) >= 11 is 0. The molecule has 0 saturated heterocycles. The Morgan fingerprint density at radius 1 is 1.30 bits per heavy atom. The zero-order chi connectivity index (χ0) is 14.6. The predicted molar refractivity (Wildman–Crippen MR) is 76.6 cm³/mol. The highest BCUT2D eigenvalue weighted by molar-refractivity contribution is 7.90. The fourth-order valence-corrected chi connectivity index (χ4v) is 2.40. The van der Waals surface area contributed by atoms with Crippen LogP contribution in [0.4, 0.5) is 0 Å². The summed E-state index contributed by atoms with van der Waals surface area (Å²) in [6, 6.07) is 6.48. The third-order valence-electron chi connectivity index (χ3n) is 2.90. The van der Waals surface area contributed by atoms with Gasteiger partial charge in [-0.2, -0.15) is 0 Å². The van der Waals surface area contributed by atoms with Crippen LogP contribution >= 0.6 is 0 Å². The molecule has 1 aromatic carbocycles. The quantitative estimate of drug-likeness (QED) is 0.858. The van der Waals surface area contributed by atoms with Crippen molar-refractivity contribution in [3.8, 4) is 0 Å². The molecule has 0 atom stereocenters. The van der Waals surface area contributed by atoms with Crippen LogP contribution in [0.1, 0.15) is 5.56 Å². The Bertz CT molecular complexity index is 658. The van der Waals surface area contributed by atoms with Crippen LogP contribution in [-0.4, -0.2) is 27.1 Å². The van der Waals surface area contributed by atoms with Gasteiger partial charge in [-0.1, -0.05) is 18.2 Å². The van der Waals surface area contributed by atoms with Crippen LogP contribution in [0.15, 0.2) is 53.1 Å². The second kappa shape index (κ2) is 5.92. The van der Waals surface area contributed by atoms with Crippen LogP contribution < -0.4 is 10.6 Å². The van der Waals surface area contributed by atoms with E-state index < -0.39 is 9.84 Å². The minimum absolute atomic E-state index is 0.131. The fourth-order valence-electron chi connectivity index (χ4n) is 1.77. The molecule has 2 N–H and O–H groups in total. The number of hydrogen-bond acceptors (Lipinski definition) is 4. The number of rotatable bonds is 4. The minimum atomic E-state index is -3.18. The summed E-state index contributed by atoms with van der Waals surface area (Å²) in [5, 5.41) is 5.76. The van der Waals surface area contributed by atoms with Crippen LogP contribution in [0.2, 0.25) is 0 Å². The molecule has 1 aliphatic rings. The van der Waals surface area contributed by atoms with E-state index in [9.17, 15) is 13.2 Å². The van der Waals surface area contributed by atoms with Crippen molar-refractivity contribution in [1.29, 1.82) is 0 Å². The average molecular weight is 292 g/mol. The van der Waals surface area contributed by atoms with Gasteiger partial charge >= 0.3 is 0 Å². The lowest BCUT2D eigenvalue weighted by Gasteiger charge is -2.11. The van der Waals surface area contributed by atoms with Gasteiger partial charge in [-0.15, -0.1) is 0 Å². The van der Waals surface area contributed by atoms with E-state index in [-0.39, 0.29) is 10.8 Å². The fraction of sp³-hybridized carbons (Fsp3) is 0.214. The second-order valence-corrected chi connectivity index (χ2v) is 6.55. The molecule has 0 aliphatic carbocycles. The van der Waals surface area contributed by atoms with E-state index in [4.69, 9.17) is 0 Å². The summed E-state index contributed by atoms with van der Waals surface area (Å²) in [7, 11) is -3.18. The Balaban J connectivity index is 1.96. The highest BCUT2D eigenvalue weighted by Gasteiger charge is 2.10. The molecule has 0 fully saturated rings. The van der Waals surface area contributed by atoms with Crippen molar-refractivity contribution in [3.63, 3.8) is 0 Å². The van der Waals surface area contributed by atoms with Gasteiger partial charge in [0, 0.05) is 24.9 Å². The number of hydrogen-bond donors (Lipinski definition) is 2. The normalized spacial score (nSPS) is 14.3. The lowest BCUT2D eigenvalue weighted by atomic mass is 10.2. The van der Waals surface area contributed by atoms with Crippen LogP contribution in [0.3, 0.4) is 0 Å². The SMILES string of the molecule is CS(=O)(=O)c1ccc(CNC(=O)C2=CC=CNC2)cc1. The minimum Gasteiger partial charge on any atom is -0.387 e. The largest absolute Gasteiger partial charge is 0.387 e. The summed E-state index contributed by atoms with van der Waals surface area (Å²) in [5.41, 5.74) is 1.52. The summed E-state index contributed by atoms with van der Waals surface area (Å²) in [6.07, 6.45) is 6.48. The Morgan fingerprint density at radius 2 is 2.00 bits per heavy atom. The van der Waals surface area contributed by atoms with Crippen molar-refractivity contribution in [3.05, 3.63) is 53.8 Å². The smallest absolute Gasteiger partial charge is 0.249 e. The van der Waals surface area contributed by atoms with Crippen LogP contribution in [0, 0.1) is 0 Å². The molecule has 0 unspecified atom stereocenters. The molecule has 1 aromatic rings. The lowest BCUT2D eigenvalue weighted by Crippen LogP contribution is -2.29. The molecule has 0 radical (unpaired) electrons. The number of amides is 1. The molecule has 0 saturated carbocycles. The molecule has 106 valence electrons. The Morgan fingerprint density at radius 3 is 2.55 bits per heavy atom. The Hall–Kier alpha value is -2.08. The number of nitrogens with one attached hydrogen (secondary N) is 2. The van der Waals surface area contributed by atoms with Crippen molar-refractivity contribution in [2.45, 2.75) is 11.4 Å². The van der Waals surface area contributed by atoms with E-state index >= 15 is 0 Å². The van der Waals surface area contributed by atoms with Gasteiger partial charge in [-0.05, 0) is 30.0 Å². The maximum atomic E-state index is 11.8. The van der Waals surface area contributed by atoms with Crippen molar-refractivity contribution in [2.75, 3.05) is 12.8 Å². The molecular formula is C14H16N2O3S. The Kier molecular flexibility index (Phi) is 4.24. The molecule has 20 heavy (non-hydrogen) atoms. The first-order chi connectivity index (χ1) is 9.47. The maximum Gasteiger partial charge on any atom is 0.249 e. The van der Waals surface area contributed by atoms with Gasteiger partial charge in [0.1, 0.15) is 0 Å². The van der Waals surface area contributed by atoms with E-state index in [2.05, 4.69) is 10.6 Å². The molecule has 0 bridgehead atoms. The van der Waals surface area contributed by atoms with E-state index in [0.29, 0.717) is 18.7 Å². The molecular weight excluding hydrogens is 276 g/mol. The lowest BCUT2D eigenvalue weighted by molar-refractivity contribution is -0.117. The summed E-state index contributed by atoms with van der Waals surface area (Å²) in [5.74, 6) is -0.131. The first-order valence-electron chi connectivity index (χ1n) is 6.13. The third-order valence-corrected chi connectivity index (χ3v) is 4.03. The number of allylic oxidation sites excluding steroid dienone is 2. The van der Waals surface area contributed by atoms with Gasteiger partial charge in [-0.25, -0.2) is 8.42 Å². The van der Waals surface area contributed by atoms with Crippen molar-refractivity contribution >= 4 is 15.7 Å². The van der Waals surface area contributed by atoms with Crippen molar-refractivity contribution in [1.82, 2.24) is 10.6 Å². The highest BCUT2D eigenvalue weighted by Crippen LogP contribution is 2.10. The monoisotopic (exact) mass is 292 g/mol. The molecule has 0 aromatic heterocycles. The predicted octanol–water partition coefficient (Wildman–Crippen LogP) is 0.750. The number of carbonyl (C=O) groups is 1. The topological polar surface area (TPSA) is 75.3 Å². The molecule has 5 nitrogen and oxygen atoms in total. The summed E-state index contributed by atoms with van der Waals surface area (Å²) in [4.78, 5) is 12.1. The molecule has 0 spiro atoms. The zero-order valence-corrected chi connectivity index (χ0v) is 11.9. The molecule has 2 rings (SSSR count). The number of benzene rings is 1. The maximum absolute atomic E-state index is 11.8. The van der Waals surface area contributed by atoms with Crippen LogP contribution in [0.5, 0.6) is 0 Å². The average Bonchev–Trinajstić information content (AvgIpc) is 2.45. The molecule has 1 heterocycles. The van der Waals surface area contributed by atoms with E-state index in [0.717, 1.165) is 5.56 Å². The molecule has 6 heteroatoms. The van der Waals surface area contributed by atoms with Gasteiger partial charge in [0.15, 0.2) is 9.84 Å². The van der Waals surface area contributed by atoms with Crippen LogP contribution in [0.25, 0.3) is 0 Å². The number of sulfone groups is 1. The standard InChI is InChI=1S/C14H16N2O3S/c1-20(18,19)13-6-4-11(5-7-13)9-16-14(17)12-3-2-8-15-10-12/h2-8,15H,9-10H2,1H3,(H,16,17). The Labute approximate surface area is 118 Å². The first kappa shape index (κ1) is 14.3. The number of dihydropyridines is 1. The first-order valence-corrected chi connectivity index (χ1v) is 8.02. The van der Waals surface area contributed by atoms with E-state index in [1.165, 1.54) is 6.26 Å². The summed E-state index contributed by atoms with van der Waals surface area (Å²) < 4.78 is 22.7.